The van der Waals surface area contributed by atoms with Crippen LogP contribution in [0.15, 0.2) is 6.07 Å². The van der Waals surface area contributed by atoms with Crippen LogP contribution in [-0.2, 0) is 11.2 Å². The van der Waals surface area contributed by atoms with E-state index in [4.69, 9.17) is 11.6 Å². The van der Waals surface area contributed by atoms with Gasteiger partial charge in [0.1, 0.15) is 5.38 Å². The summed E-state index contributed by atoms with van der Waals surface area (Å²) in [6.45, 7) is 3.62. The number of hydrogen-bond donors (Lipinski definition) is 2. The number of aromatic amines is 1. The lowest BCUT2D eigenvalue weighted by atomic mass is 10.3. The molecule has 2 N–H and O–H groups in total. The molecule has 0 aliphatic heterocycles. The van der Waals surface area contributed by atoms with Crippen molar-refractivity contribution >= 4 is 23.3 Å². The lowest BCUT2D eigenvalue weighted by molar-refractivity contribution is -0.115. The molecule has 0 bridgehead atoms. The zero-order valence-corrected chi connectivity index (χ0v) is 8.35. The fourth-order valence-corrected chi connectivity index (χ4v) is 0.887. The Bertz CT molecular complexity index is 295. The molecular weight excluding hydrogens is 190 g/mol. The van der Waals surface area contributed by atoms with Crippen LogP contribution in [0, 0.1) is 0 Å². The molecule has 1 unspecified atom stereocenters. The Morgan fingerprint density at radius 2 is 2.54 bits per heavy atom. The summed E-state index contributed by atoms with van der Waals surface area (Å²) in [6.07, 6.45) is 0.860. The molecular formula is C8H12ClN3O. The summed E-state index contributed by atoms with van der Waals surface area (Å²) >= 11 is 5.57. The van der Waals surface area contributed by atoms with E-state index in [1.54, 1.807) is 13.0 Å². The highest BCUT2D eigenvalue weighted by atomic mass is 35.5. The van der Waals surface area contributed by atoms with Gasteiger partial charge < -0.3 is 5.32 Å². The molecule has 1 aromatic heterocycles. The molecule has 0 fully saturated rings. The van der Waals surface area contributed by atoms with Gasteiger partial charge in [-0.1, -0.05) is 6.92 Å². The molecule has 0 radical (unpaired) electrons. The maximum Gasteiger partial charge on any atom is 0.243 e. The molecule has 0 spiro atoms. The summed E-state index contributed by atoms with van der Waals surface area (Å²) < 4.78 is 0. The number of carbonyl (C=O) groups is 1. The third kappa shape index (κ3) is 2.73. The van der Waals surface area contributed by atoms with E-state index in [1.807, 2.05) is 6.92 Å². The zero-order chi connectivity index (χ0) is 9.84. The Balaban J connectivity index is 2.59. The smallest absolute Gasteiger partial charge is 0.243 e. The van der Waals surface area contributed by atoms with Gasteiger partial charge in [-0.2, -0.15) is 5.10 Å². The first kappa shape index (κ1) is 10.1. The number of aromatic nitrogens is 2. The topological polar surface area (TPSA) is 57.8 Å². The van der Waals surface area contributed by atoms with Crippen molar-refractivity contribution in [2.45, 2.75) is 25.6 Å². The molecule has 0 aromatic carbocycles. The minimum atomic E-state index is -0.540. The number of nitrogens with one attached hydrogen (secondary N) is 2. The van der Waals surface area contributed by atoms with E-state index < -0.39 is 5.38 Å². The number of H-pyrrole nitrogens is 1. The van der Waals surface area contributed by atoms with Crippen LogP contribution in [0.3, 0.4) is 0 Å². The van der Waals surface area contributed by atoms with Crippen molar-refractivity contribution in [1.29, 1.82) is 0 Å². The molecule has 4 nitrogen and oxygen atoms in total. The quantitative estimate of drug-likeness (QED) is 0.729. The number of alkyl halides is 1. The van der Waals surface area contributed by atoms with E-state index in [1.165, 1.54) is 0 Å². The summed E-state index contributed by atoms with van der Waals surface area (Å²) in [5, 5.41) is 8.73. The van der Waals surface area contributed by atoms with Crippen molar-refractivity contribution in [2.75, 3.05) is 5.32 Å². The summed E-state index contributed by atoms with van der Waals surface area (Å²) in [4.78, 5) is 11.1. The maximum absolute atomic E-state index is 11.1. The van der Waals surface area contributed by atoms with Crippen LogP contribution < -0.4 is 5.32 Å². The second-order valence-corrected chi connectivity index (χ2v) is 3.39. The minimum Gasteiger partial charge on any atom is -0.308 e. The Morgan fingerprint density at radius 1 is 1.85 bits per heavy atom. The van der Waals surface area contributed by atoms with Gasteiger partial charge in [-0.15, -0.1) is 11.6 Å². The first-order valence-corrected chi connectivity index (χ1v) is 4.56. The number of hydrogen-bond acceptors (Lipinski definition) is 2. The van der Waals surface area contributed by atoms with Crippen LogP contribution in [0.2, 0.25) is 0 Å². The number of anilines is 1. The average Bonchev–Trinajstić information content (AvgIpc) is 2.52. The molecule has 1 amide bonds. The normalized spacial score (nSPS) is 12.5. The Labute approximate surface area is 81.7 Å². The summed E-state index contributed by atoms with van der Waals surface area (Å²) in [5.41, 5.74) is 0.984. The summed E-state index contributed by atoms with van der Waals surface area (Å²) in [5.74, 6) is 0.283. The molecule has 1 heterocycles. The summed E-state index contributed by atoms with van der Waals surface area (Å²) in [6, 6.07) is 1.79. The van der Waals surface area contributed by atoms with Crippen molar-refractivity contribution in [3.8, 4) is 0 Å². The molecule has 0 saturated heterocycles. The van der Waals surface area contributed by atoms with Crippen molar-refractivity contribution in [2.24, 2.45) is 0 Å². The molecule has 1 aromatic rings. The van der Waals surface area contributed by atoms with Crippen LogP contribution in [-0.4, -0.2) is 21.5 Å². The highest BCUT2D eigenvalue weighted by molar-refractivity contribution is 6.32. The largest absolute Gasteiger partial charge is 0.308 e. The van der Waals surface area contributed by atoms with Gasteiger partial charge in [0.2, 0.25) is 5.91 Å². The lowest BCUT2D eigenvalue weighted by Gasteiger charge is -2.01. The fourth-order valence-electron chi connectivity index (χ4n) is 0.832. The van der Waals surface area contributed by atoms with E-state index in [0.29, 0.717) is 5.82 Å². The second-order valence-electron chi connectivity index (χ2n) is 2.74. The van der Waals surface area contributed by atoms with E-state index in [9.17, 15) is 4.79 Å². The van der Waals surface area contributed by atoms with E-state index in [-0.39, 0.29) is 5.91 Å². The molecule has 5 heteroatoms. The van der Waals surface area contributed by atoms with Crippen molar-refractivity contribution < 1.29 is 4.79 Å². The number of amides is 1. The van der Waals surface area contributed by atoms with Gasteiger partial charge in [0.25, 0.3) is 0 Å². The first-order valence-electron chi connectivity index (χ1n) is 4.12. The van der Waals surface area contributed by atoms with Gasteiger partial charge in [-0.3, -0.25) is 9.89 Å². The second kappa shape index (κ2) is 4.28. The highest BCUT2D eigenvalue weighted by Crippen LogP contribution is 2.07. The first-order chi connectivity index (χ1) is 6.13. The molecule has 13 heavy (non-hydrogen) atoms. The molecule has 0 aliphatic carbocycles. The van der Waals surface area contributed by atoms with Gasteiger partial charge in [-0.25, -0.2) is 0 Å². The van der Waals surface area contributed by atoms with Crippen molar-refractivity contribution in [1.82, 2.24) is 10.2 Å². The van der Waals surface area contributed by atoms with E-state index >= 15 is 0 Å². The molecule has 72 valence electrons. The predicted molar refractivity (Wildman–Crippen MR) is 51.9 cm³/mol. The van der Waals surface area contributed by atoms with Crippen LogP contribution in [0.4, 0.5) is 5.82 Å². The molecule has 1 atom stereocenters. The predicted octanol–water partition coefficient (Wildman–Crippen LogP) is 1.54. The standard InChI is InChI=1S/C8H12ClN3O/c1-3-6-4-7(12-11-6)10-8(13)5(2)9/h4-5H,3H2,1-2H3,(H2,10,11,12,13). The number of nitrogens with zero attached hydrogens (tertiary/aromatic N) is 1. The molecule has 0 saturated carbocycles. The Morgan fingerprint density at radius 3 is 3.00 bits per heavy atom. The van der Waals surface area contributed by atoms with Gasteiger partial charge in [0.05, 0.1) is 0 Å². The van der Waals surface area contributed by atoms with E-state index in [2.05, 4.69) is 15.5 Å². The maximum atomic E-state index is 11.1. The molecule has 0 aliphatic rings. The average molecular weight is 202 g/mol. The molecule has 1 rings (SSSR count). The number of halogens is 1. The van der Waals surface area contributed by atoms with Crippen molar-refractivity contribution in [3.05, 3.63) is 11.8 Å². The van der Waals surface area contributed by atoms with Crippen molar-refractivity contribution in [3.63, 3.8) is 0 Å². The van der Waals surface area contributed by atoms with Crippen LogP contribution in [0.1, 0.15) is 19.5 Å². The van der Waals surface area contributed by atoms with Gasteiger partial charge >= 0.3 is 0 Å². The number of aryl methyl sites for hydroxylation is 1. The lowest BCUT2D eigenvalue weighted by Crippen LogP contribution is -2.20. The van der Waals surface area contributed by atoms with Gasteiger partial charge in [0.15, 0.2) is 5.82 Å². The minimum absolute atomic E-state index is 0.240. The Kier molecular flexibility index (Phi) is 3.31. The third-order valence-electron chi connectivity index (χ3n) is 1.62. The monoisotopic (exact) mass is 201 g/mol. The number of rotatable bonds is 3. The van der Waals surface area contributed by atoms with Crippen LogP contribution in [0.5, 0.6) is 0 Å². The highest BCUT2D eigenvalue weighted by Gasteiger charge is 2.10. The van der Waals surface area contributed by atoms with E-state index in [0.717, 1.165) is 12.1 Å². The fraction of sp³-hybridized carbons (Fsp3) is 0.500. The third-order valence-corrected chi connectivity index (χ3v) is 1.82. The summed E-state index contributed by atoms with van der Waals surface area (Å²) in [7, 11) is 0. The number of carbonyl (C=O) groups excluding carboxylic acids is 1. The SMILES string of the molecule is CCc1cc(NC(=O)C(C)Cl)n[nH]1. The Hall–Kier alpha value is -1.03. The zero-order valence-electron chi connectivity index (χ0n) is 7.60. The van der Waals surface area contributed by atoms with Gasteiger partial charge in [-0.05, 0) is 13.3 Å². The van der Waals surface area contributed by atoms with Gasteiger partial charge in [0, 0.05) is 11.8 Å². The van der Waals surface area contributed by atoms with Crippen LogP contribution >= 0.6 is 11.6 Å². The van der Waals surface area contributed by atoms with Crippen LogP contribution in [0.25, 0.3) is 0 Å².